The van der Waals surface area contributed by atoms with Gasteiger partial charge in [0.05, 0.1) is 37.3 Å². The van der Waals surface area contributed by atoms with Crippen molar-refractivity contribution in [3.8, 4) is 28.2 Å². The summed E-state index contributed by atoms with van der Waals surface area (Å²) in [5.41, 5.74) is 8.07. The number of phenolic OH excluding ortho intramolecular Hbond substituents is 1. The third-order valence-electron chi connectivity index (χ3n) is 8.74. The van der Waals surface area contributed by atoms with E-state index in [-0.39, 0.29) is 18.9 Å². The first-order valence-electron chi connectivity index (χ1n) is 18.5. The van der Waals surface area contributed by atoms with Gasteiger partial charge in [-0.3, -0.25) is 9.79 Å². The quantitative estimate of drug-likeness (QED) is 0.0304. The van der Waals surface area contributed by atoms with Crippen LogP contribution in [0.2, 0.25) is 0 Å². The number of amides is 1. The van der Waals surface area contributed by atoms with Crippen molar-refractivity contribution in [2.24, 2.45) is 4.99 Å². The molecule has 0 bridgehead atoms. The minimum absolute atomic E-state index is 0.226. The standard InChI is InChI=1S/C44H50N4O7/c1-6-45-38-26-40-36(24-29(38)3)43(37-25-30(4)39(46-7-2)27-41(37)55-40)34-10-8-9-11-35(34)44(51)54-28-42(50)48-19-21-53-23-22-52-20-18-47-31(5)12-13-32-14-16-33(49)17-15-32/h8-17,24-27,45,47,49H,5-7,18-23,28H2,1-4H3,(H,48,50)/b13-12+,46-39?. The van der Waals surface area contributed by atoms with Crippen LogP contribution in [0.3, 0.4) is 0 Å². The number of anilines is 1. The van der Waals surface area contributed by atoms with Crippen molar-refractivity contribution in [3.63, 3.8) is 0 Å². The molecule has 0 spiro atoms. The number of aromatic hydroxyl groups is 1. The molecule has 2 aliphatic rings. The van der Waals surface area contributed by atoms with E-state index in [4.69, 9.17) is 18.6 Å². The lowest BCUT2D eigenvalue weighted by Gasteiger charge is -2.19. The molecular formula is C44H50N4O7. The number of aryl methyl sites for hydroxylation is 2. The summed E-state index contributed by atoms with van der Waals surface area (Å²) in [6.45, 7) is 15.4. The molecule has 0 saturated carbocycles. The zero-order chi connectivity index (χ0) is 39.2. The summed E-state index contributed by atoms with van der Waals surface area (Å²) in [6.07, 6.45) is 3.76. The van der Waals surface area contributed by atoms with Crippen molar-refractivity contribution < 1.29 is 33.3 Å². The van der Waals surface area contributed by atoms with Gasteiger partial charge in [-0.25, -0.2) is 4.79 Å². The van der Waals surface area contributed by atoms with Gasteiger partial charge >= 0.3 is 5.97 Å². The van der Waals surface area contributed by atoms with Gasteiger partial charge in [0.25, 0.3) is 5.91 Å². The summed E-state index contributed by atoms with van der Waals surface area (Å²) >= 11 is 0. The van der Waals surface area contributed by atoms with E-state index in [0.717, 1.165) is 56.5 Å². The molecule has 1 heterocycles. The summed E-state index contributed by atoms with van der Waals surface area (Å²) in [4.78, 5) is 30.8. The molecule has 0 atom stereocenters. The lowest BCUT2D eigenvalue weighted by molar-refractivity contribution is -0.124. The number of hydrogen-bond donors (Lipinski definition) is 4. The highest BCUT2D eigenvalue weighted by Gasteiger charge is 2.24. The topological polar surface area (TPSA) is 144 Å². The molecular weight excluding hydrogens is 697 g/mol. The first-order chi connectivity index (χ1) is 26.7. The van der Waals surface area contributed by atoms with E-state index in [0.29, 0.717) is 55.4 Å². The first kappa shape index (κ1) is 40.3. The van der Waals surface area contributed by atoms with Gasteiger partial charge in [-0.05, 0) is 86.4 Å². The Morgan fingerprint density at radius 3 is 2.33 bits per heavy atom. The largest absolute Gasteiger partial charge is 0.508 e. The minimum Gasteiger partial charge on any atom is -0.508 e. The molecule has 0 radical (unpaired) electrons. The highest BCUT2D eigenvalue weighted by Crippen LogP contribution is 2.43. The second-order valence-corrected chi connectivity index (χ2v) is 12.9. The van der Waals surface area contributed by atoms with Crippen molar-refractivity contribution in [3.05, 3.63) is 119 Å². The van der Waals surface area contributed by atoms with E-state index < -0.39 is 18.5 Å². The van der Waals surface area contributed by atoms with E-state index in [1.54, 1.807) is 24.3 Å². The fourth-order valence-corrected chi connectivity index (χ4v) is 6.05. The Kier molecular flexibility index (Phi) is 14.6. The average molecular weight is 747 g/mol. The zero-order valence-electron chi connectivity index (χ0n) is 32.0. The minimum atomic E-state index is -0.608. The van der Waals surface area contributed by atoms with Crippen molar-refractivity contribution in [1.82, 2.24) is 10.6 Å². The van der Waals surface area contributed by atoms with Crippen LogP contribution < -0.4 is 21.3 Å². The van der Waals surface area contributed by atoms with Crippen molar-refractivity contribution in [1.29, 1.82) is 0 Å². The maximum Gasteiger partial charge on any atom is 0.339 e. The van der Waals surface area contributed by atoms with Crippen LogP contribution in [0.5, 0.6) is 5.75 Å². The molecule has 11 heteroatoms. The Bertz CT molecular complexity index is 2170. The SMILES string of the molecule is C=C(/C=C/c1ccc(O)cc1)NCCOCCOCCNC(=O)COC(=O)c1ccccc1-c1c2cc(C)c(=NCC)cc-2oc2cc(NCC)c(C)cc12. The predicted molar refractivity (Wildman–Crippen MR) is 217 cm³/mol. The van der Waals surface area contributed by atoms with Gasteiger partial charge in [0.1, 0.15) is 17.1 Å². The number of rotatable bonds is 19. The lowest BCUT2D eigenvalue weighted by Crippen LogP contribution is -2.31. The molecule has 55 heavy (non-hydrogen) atoms. The van der Waals surface area contributed by atoms with Gasteiger partial charge < -0.3 is 39.7 Å². The van der Waals surface area contributed by atoms with Crippen molar-refractivity contribution >= 4 is 34.6 Å². The Balaban J connectivity index is 1.12. The van der Waals surface area contributed by atoms with Crippen molar-refractivity contribution in [2.45, 2.75) is 27.7 Å². The third kappa shape index (κ3) is 11.1. The highest BCUT2D eigenvalue weighted by molar-refractivity contribution is 6.08. The molecule has 3 aromatic carbocycles. The van der Waals surface area contributed by atoms with Crippen LogP contribution in [-0.4, -0.2) is 76.2 Å². The number of nitrogens with zero attached hydrogens (tertiary/aromatic N) is 1. The molecule has 0 aromatic heterocycles. The van der Waals surface area contributed by atoms with E-state index in [1.165, 1.54) is 0 Å². The number of benzene rings is 4. The molecule has 5 rings (SSSR count). The maximum absolute atomic E-state index is 13.6. The van der Waals surface area contributed by atoms with Gasteiger partial charge in [-0.15, -0.1) is 0 Å². The number of ether oxygens (including phenoxy) is 3. The van der Waals surface area contributed by atoms with E-state index >= 15 is 0 Å². The van der Waals surface area contributed by atoms with Gasteiger partial charge in [-0.1, -0.05) is 43.0 Å². The summed E-state index contributed by atoms with van der Waals surface area (Å²) < 4.78 is 23.2. The molecule has 3 aromatic rings. The summed E-state index contributed by atoms with van der Waals surface area (Å²) in [5, 5.41) is 20.4. The smallest absolute Gasteiger partial charge is 0.339 e. The van der Waals surface area contributed by atoms with E-state index in [1.807, 2.05) is 76.2 Å². The number of fused-ring (bicyclic) bond motifs is 2. The monoisotopic (exact) mass is 746 g/mol. The number of carbonyl (C=O) groups is 2. The molecule has 0 fully saturated rings. The maximum atomic E-state index is 13.6. The average Bonchev–Trinajstić information content (AvgIpc) is 3.17. The first-order valence-corrected chi connectivity index (χ1v) is 18.5. The molecule has 1 aliphatic carbocycles. The van der Waals surface area contributed by atoms with E-state index in [2.05, 4.69) is 39.7 Å². The summed E-state index contributed by atoms with van der Waals surface area (Å²) in [5.74, 6) is -0.162. The Labute approximate surface area is 322 Å². The number of esters is 1. The normalized spacial score (nSPS) is 11.7. The predicted octanol–water partition coefficient (Wildman–Crippen LogP) is 7.00. The number of carbonyl (C=O) groups excluding carboxylic acids is 2. The lowest BCUT2D eigenvalue weighted by atomic mass is 9.89. The van der Waals surface area contributed by atoms with Crippen LogP contribution in [0.4, 0.5) is 5.69 Å². The number of hydrogen-bond acceptors (Lipinski definition) is 10. The molecule has 11 nitrogen and oxygen atoms in total. The summed E-state index contributed by atoms with van der Waals surface area (Å²) in [7, 11) is 0. The van der Waals surface area contributed by atoms with Crippen LogP contribution in [0, 0.1) is 13.8 Å². The van der Waals surface area contributed by atoms with Crippen LogP contribution in [0.1, 0.15) is 40.9 Å². The highest BCUT2D eigenvalue weighted by atomic mass is 16.5. The molecule has 0 unspecified atom stereocenters. The number of allylic oxidation sites excluding steroid dienone is 1. The number of phenols is 1. The van der Waals surface area contributed by atoms with Crippen LogP contribution in [-0.2, 0) is 19.0 Å². The van der Waals surface area contributed by atoms with Crippen molar-refractivity contribution in [2.75, 3.05) is 64.5 Å². The fraction of sp³-hybridized carbons (Fsp3) is 0.295. The van der Waals surface area contributed by atoms with Crippen LogP contribution in [0.25, 0.3) is 39.5 Å². The summed E-state index contributed by atoms with van der Waals surface area (Å²) in [6, 6.07) is 22.2. The van der Waals surface area contributed by atoms with Gasteiger partial charge in [0, 0.05) is 66.2 Å². The van der Waals surface area contributed by atoms with E-state index in [9.17, 15) is 14.7 Å². The molecule has 4 N–H and O–H groups in total. The second kappa shape index (κ2) is 20.0. The molecule has 288 valence electrons. The van der Waals surface area contributed by atoms with Crippen LogP contribution >= 0.6 is 0 Å². The Hall–Kier alpha value is -5.91. The van der Waals surface area contributed by atoms with Gasteiger partial charge in [-0.2, -0.15) is 0 Å². The van der Waals surface area contributed by atoms with Gasteiger partial charge in [0.15, 0.2) is 6.61 Å². The third-order valence-corrected chi connectivity index (χ3v) is 8.74. The van der Waals surface area contributed by atoms with Crippen LogP contribution in [0.15, 0.2) is 101 Å². The molecule has 1 aliphatic heterocycles. The Morgan fingerprint density at radius 2 is 1.60 bits per heavy atom. The number of nitrogens with one attached hydrogen (secondary N) is 3. The van der Waals surface area contributed by atoms with Gasteiger partial charge in [0.2, 0.25) is 0 Å². The second-order valence-electron chi connectivity index (χ2n) is 12.9. The molecule has 1 amide bonds. The fourth-order valence-electron chi connectivity index (χ4n) is 6.05. The zero-order valence-corrected chi connectivity index (χ0v) is 32.0. The Morgan fingerprint density at radius 1 is 0.873 bits per heavy atom. The molecule has 0 saturated heterocycles.